The van der Waals surface area contributed by atoms with E-state index in [0.29, 0.717) is 11.4 Å². The molecule has 150 valence electrons. The molecule has 0 radical (unpaired) electrons. The summed E-state index contributed by atoms with van der Waals surface area (Å²) in [4.78, 5) is 36.2. The average Bonchev–Trinajstić information content (AvgIpc) is 2.98. The van der Waals surface area contributed by atoms with Gasteiger partial charge in [-0.15, -0.1) is 0 Å². The van der Waals surface area contributed by atoms with Crippen LogP contribution in [0.4, 0.5) is 16.3 Å². The van der Waals surface area contributed by atoms with Gasteiger partial charge < -0.3 is 19.3 Å². The Morgan fingerprint density at radius 2 is 1.86 bits per heavy atom. The number of aryl methyl sites for hydroxylation is 1. The minimum Gasteiger partial charge on any atom is -0.449 e. The van der Waals surface area contributed by atoms with Gasteiger partial charge in [-0.25, -0.2) is 9.59 Å². The van der Waals surface area contributed by atoms with Crippen LogP contribution >= 0.6 is 0 Å². The Balaban J connectivity index is 1.96. The molecule has 0 aliphatic rings. The number of hydrogen-bond donors (Lipinski definition) is 2. The van der Waals surface area contributed by atoms with Crippen LogP contribution in [0, 0.1) is 6.92 Å². The second-order valence-electron chi connectivity index (χ2n) is 7.07. The van der Waals surface area contributed by atoms with Crippen molar-refractivity contribution in [1.29, 1.82) is 0 Å². The summed E-state index contributed by atoms with van der Waals surface area (Å²) >= 11 is 0. The van der Waals surface area contributed by atoms with Crippen LogP contribution in [0.25, 0.3) is 0 Å². The summed E-state index contributed by atoms with van der Waals surface area (Å²) in [5.41, 5.74) is -0.115. The zero-order valence-corrected chi connectivity index (χ0v) is 16.4. The highest BCUT2D eigenvalue weighted by atomic mass is 16.6. The van der Waals surface area contributed by atoms with Gasteiger partial charge in [0.25, 0.3) is 5.91 Å². The number of amides is 2. The van der Waals surface area contributed by atoms with E-state index < -0.39 is 29.7 Å². The van der Waals surface area contributed by atoms with Crippen LogP contribution in [0.1, 0.15) is 43.8 Å². The third kappa shape index (κ3) is 6.42. The Kier molecular flexibility index (Phi) is 6.40. The molecule has 0 bridgehead atoms. The molecule has 2 N–H and O–H groups in total. The Morgan fingerprint density at radius 1 is 1.14 bits per heavy atom. The standard InChI is InChI=1S/C19H23N3O6/c1-11-9-15(22-28-11)21-16(23)12(2)26-17(24)13-7-6-8-14(10-13)20-18(25)27-19(3,4)5/h6-10,12H,1-5H3,(H,20,25)(H,21,22,23). The number of aromatic nitrogens is 1. The third-order valence-electron chi connectivity index (χ3n) is 3.28. The molecule has 1 unspecified atom stereocenters. The first kappa shape index (κ1) is 20.9. The largest absolute Gasteiger partial charge is 0.449 e. The Hall–Kier alpha value is -3.36. The summed E-state index contributed by atoms with van der Waals surface area (Å²) < 4.78 is 15.2. The molecule has 0 spiro atoms. The molecule has 0 aliphatic carbocycles. The number of benzene rings is 1. The molecule has 2 rings (SSSR count). The molecule has 1 heterocycles. The number of esters is 1. The fourth-order valence-electron chi connectivity index (χ4n) is 2.08. The summed E-state index contributed by atoms with van der Waals surface area (Å²) in [5.74, 6) is -0.500. The number of carbonyl (C=O) groups excluding carboxylic acids is 3. The van der Waals surface area contributed by atoms with Crippen molar-refractivity contribution >= 4 is 29.5 Å². The molecule has 9 nitrogen and oxygen atoms in total. The number of hydrogen-bond acceptors (Lipinski definition) is 7. The predicted molar refractivity (Wildman–Crippen MR) is 101 cm³/mol. The van der Waals surface area contributed by atoms with Crippen molar-refractivity contribution in [3.8, 4) is 0 Å². The van der Waals surface area contributed by atoms with Gasteiger partial charge in [0.05, 0.1) is 5.56 Å². The minimum absolute atomic E-state index is 0.172. The Morgan fingerprint density at radius 3 is 2.46 bits per heavy atom. The van der Waals surface area contributed by atoms with E-state index in [0.717, 1.165) is 0 Å². The highest BCUT2D eigenvalue weighted by Gasteiger charge is 2.21. The van der Waals surface area contributed by atoms with E-state index >= 15 is 0 Å². The number of rotatable bonds is 5. The first-order chi connectivity index (χ1) is 13.0. The lowest BCUT2D eigenvalue weighted by atomic mass is 10.2. The van der Waals surface area contributed by atoms with Gasteiger partial charge in [-0.2, -0.15) is 0 Å². The SMILES string of the molecule is Cc1cc(NC(=O)C(C)OC(=O)c2cccc(NC(=O)OC(C)(C)C)c2)no1. The number of carbonyl (C=O) groups is 3. The lowest BCUT2D eigenvalue weighted by Gasteiger charge is -2.19. The van der Waals surface area contributed by atoms with Gasteiger partial charge in [-0.05, 0) is 52.8 Å². The van der Waals surface area contributed by atoms with Crippen molar-refractivity contribution in [3.63, 3.8) is 0 Å². The molecule has 9 heteroatoms. The average molecular weight is 389 g/mol. The van der Waals surface area contributed by atoms with Crippen LogP contribution in [0.5, 0.6) is 0 Å². The van der Waals surface area contributed by atoms with Crippen molar-refractivity contribution in [2.45, 2.75) is 46.3 Å². The fraction of sp³-hybridized carbons (Fsp3) is 0.368. The summed E-state index contributed by atoms with van der Waals surface area (Å²) in [6.45, 7) is 8.35. The minimum atomic E-state index is -1.06. The molecule has 1 aromatic carbocycles. The lowest BCUT2D eigenvalue weighted by Crippen LogP contribution is -2.30. The first-order valence-corrected chi connectivity index (χ1v) is 8.59. The molecule has 2 amide bonds. The molecular formula is C19H23N3O6. The third-order valence-corrected chi connectivity index (χ3v) is 3.28. The van der Waals surface area contributed by atoms with Crippen molar-refractivity contribution < 1.29 is 28.4 Å². The van der Waals surface area contributed by atoms with Crippen molar-refractivity contribution in [2.24, 2.45) is 0 Å². The van der Waals surface area contributed by atoms with Crippen molar-refractivity contribution in [1.82, 2.24) is 5.16 Å². The predicted octanol–water partition coefficient (Wildman–Crippen LogP) is 3.51. The smallest absolute Gasteiger partial charge is 0.412 e. The maximum atomic E-state index is 12.3. The molecule has 0 saturated carbocycles. The van der Waals surface area contributed by atoms with E-state index in [4.69, 9.17) is 14.0 Å². The fourth-order valence-corrected chi connectivity index (χ4v) is 2.08. The van der Waals surface area contributed by atoms with Crippen LogP contribution in [0.15, 0.2) is 34.9 Å². The molecule has 1 aromatic heterocycles. The number of ether oxygens (including phenoxy) is 2. The second-order valence-corrected chi connectivity index (χ2v) is 7.07. The number of anilines is 2. The van der Waals surface area contributed by atoms with E-state index in [-0.39, 0.29) is 11.4 Å². The maximum Gasteiger partial charge on any atom is 0.412 e. The van der Waals surface area contributed by atoms with Gasteiger partial charge in [-0.3, -0.25) is 10.1 Å². The van der Waals surface area contributed by atoms with E-state index in [9.17, 15) is 14.4 Å². The molecule has 2 aromatic rings. The molecule has 0 aliphatic heterocycles. The Labute approximate surface area is 162 Å². The van der Waals surface area contributed by atoms with Gasteiger partial charge in [0.15, 0.2) is 11.9 Å². The molecule has 0 saturated heterocycles. The van der Waals surface area contributed by atoms with Crippen LogP contribution in [-0.4, -0.2) is 34.8 Å². The van der Waals surface area contributed by atoms with Gasteiger partial charge >= 0.3 is 12.1 Å². The number of nitrogens with zero attached hydrogens (tertiary/aromatic N) is 1. The summed E-state index contributed by atoms with van der Waals surface area (Å²) in [5, 5.41) is 8.66. The van der Waals surface area contributed by atoms with E-state index in [1.54, 1.807) is 39.8 Å². The van der Waals surface area contributed by atoms with Crippen LogP contribution < -0.4 is 10.6 Å². The van der Waals surface area contributed by atoms with Gasteiger partial charge in [0.1, 0.15) is 11.4 Å². The van der Waals surface area contributed by atoms with Crippen LogP contribution in [-0.2, 0) is 14.3 Å². The molecular weight excluding hydrogens is 366 g/mol. The van der Waals surface area contributed by atoms with E-state index in [1.165, 1.54) is 25.1 Å². The molecule has 1 atom stereocenters. The van der Waals surface area contributed by atoms with Gasteiger partial charge in [0.2, 0.25) is 0 Å². The summed E-state index contributed by atoms with van der Waals surface area (Å²) in [6, 6.07) is 7.65. The van der Waals surface area contributed by atoms with Crippen LogP contribution in [0.2, 0.25) is 0 Å². The highest BCUT2D eigenvalue weighted by molar-refractivity contribution is 5.97. The summed E-state index contributed by atoms with van der Waals surface area (Å²) in [6.07, 6.45) is -1.71. The lowest BCUT2D eigenvalue weighted by molar-refractivity contribution is -0.123. The van der Waals surface area contributed by atoms with Crippen molar-refractivity contribution in [2.75, 3.05) is 10.6 Å². The topological polar surface area (TPSA) is 120 Å². The highest BCUT2D eigenvalue weighted by Crippen LogP contribution is 2.15. The van der Waals surface area contributed by atoms with Gasteiger partial charge in [0, 0.05) is 11.8 Å². The second kappa shape index (κ2) is 8.55. The van der Waals surface area contributed by atoms with Crippen LogP contribution in [0.3, 0.4) is 0 Å². The zero-order chi connectivity index (χ0) is 20.9. The molecule has 28 heavy (non-hydrogen) atoms. The van der Waals surface area contributed by atoms with E-state index in [1.807, 2.05) is 0 Å². The maximum absolute atomic E-state index is 12.3. The van der Waals surface area contributed by atoms with E-state index in [2.05, 4.69) is 15.8 Å². The normalized spacial score (nSPS) is 12.0. The van der Waals surface area contributed by atoms with Gasteiger partial charge in [-0.1, -0.05) is 11.2 Å². The quantitative estimate of drug-likeness (QED) is 0.751. The zero-order valence-electron chi connectivity index (χ0n) is 16.4. The molecule has 0 fully saturated rings. The first-order valence-electron chi connectivity index (χ1n) is 8.59. The Bertz CT molecular complexity index is 869. The monoisotopic (exact) mass is 389 g/mol. The summed E-state index contributed by atoms with van der Waals surface area (Å²) in [7, 11) is 0. The number of nitrogens with one attached hydrogen (secondary N) is 2. The van der Waals surface area contributed by atoms with Crippen molar-refractivity contribution in [3.05, 3.63) is 41.7 Å².